The highest BCUT2D eigenvalue weighted by atomic mass is 19.1. The zero-order valence-electron chi connectivity index (χ0n) is 15.2. The monoisotopic (exact) mass is 382 g/mol. The highest BCUT2D eigenvalue weighted by Crippen LogP contribution is 2.29. The van der Waals surface area contributed by atoms with Gasteiger partial charge in [-0.1, -0.05) is 36.4 Å². The first-order valence-corrected chi connectivity index (χ1v) is 9.09. The number of benzene rings is 3. The Bertz CT molecular complexity index is 1350. The van der Waals surface area contributed by atoms with Crippen LogP contribution in [0.25, 0.3) is 27.8 Å². The maximum Gasteiger partial charge on any atom is 0.257 e. The normalized spacial score (nSPS) is 11.1. The summed E-state index contributed by atoms with van der Waals surface area (Å²) in [5, 5.41) is 4.83. The third kappa shape index (κ3) is 3.00. The molecule has 0 saturated carbocycles. The van der Waals surface area contributed by atoms with E-state index in [1.165, 1.54) is 12.1 Å². The lowest BCUT2D eigenvalue weighted by molar-refractivity contribution is 0.102. The third-order valence-corrected chi connectivity index (χ3v) is 4.79. The Morgan fingerprint density at radius 1 is 0.931 bits per heavy atom. The molecule has 5 nitrogen and oxygen atoms in total. The van der Waals surface area contributed by atoms with Crippen molar-refractivity contribution in [3.63, 3.8) is 0 Å². The number of imidazole rings is 1. The van der Waals surface area contributed by atoms with Gasteiger partial charge in [0.05, 0.1) is 0 Å². The Balaban J connectivity index is 1.63. The number of amides is 1. The number of hydrogen-bond acceptors (Lipinski definition) is 3. The van der Waals surface area contributed by atoms with Crippen molar-refractivity contribution >= 4 is 28.3 Å². The molecule has 0 fully saturated rings. The summed E-state index contributed by atoms with van der Waals surface area (Å²) >= 11 is 0. The summed E-state index contributed by atoms with van der Waals surface area (Å²) in [5.41, 5.74) is 1.77. The number of anilines is 1. The van der Waals surface area contributed by atoms with Gasteiger partial charge in [0.25, 0.3) is 5.91 Å². The van der Waals surface area contributed by atoms with Crippen LogP contribution in [0.5, 0.6) is 0 Å². The van der Waals surface area contributed by atoms with Crippen LogP contribution in [0.3, 0.4) is 0 Å². The van der Waals surface area contributed by atoms with Crippen molar-refractivity contribution in [1.82, 2.24) is 14.4 Å². The van der Waals surface area contributed by atoms with E-state index in [-0.39, 0.29) is 11.7 Å². The fourth-order valence-corrected chi connectivity index (χ4v) is 3.41. The fraction of sp³-hybridized carbons (Fsp3) is 0. The third-order valence-electron chi connectivity index (χ3n) is 4.79. The fourth-order valence-electron chi connectivity index (χ4n) is 3.41. The second-order valence-electron chi connectivity index (χ2n) is 6.59. The molecule has 5 rings (SSSR count). The summed E-state index contributed by atoms with van der Waals surface area (Å²) < 4.78 is 15.1. The number of fused-ring (bicyclic) bond motifs is 2. The minimum Gasteiger partial charge on any atom is -0.306 e. The predicted molar refractivity (Wildman–Crippen MR) is 110 cm³/mol. The van der Waals surface area contributed by atoms with Crippen molar-refractivity contribution in [2.45, 2.75) is 0 Å². The van der Waals surface area contributed by atoms with Gasteiger partial charge in [-0.2, -0.15) is 0 Å². The van der Waals surface area contributed by atoms with Crippen molar-refractivity contribution in [2.24, 2.45) is 0 Å². The number of halogens is 1. The molecule has 0 spiro atoms. The molecule has 2 heterocycles. The van der Waals surface area contributed by atoms with E-state index in [1.807, 2.05) is 36.4 Å². The zero-order chi connectivity index (χ0) is 19.8. The smallest absolute Gasteiger partial charge is 0.257 e. The van der Waals surface area contributed by atoms with Gasteiger partial charge in [0.15, 0.2) is 0 Å². The lowest BCUT2D eigenvalue weighted by Crippen LogP contribution is -2.14. The number of nitrogens with zero attached hydrogens (tertiary/aromatic N) is 3. The van der Waals surface area contributed by atoms with Crippen LogP contribution in [0.2, 0.25) is 0 Å². The SMILES string of the molecule is O=C(Nc1c(-c2ccc(F)cc2)nc2ncccn12)c1cccc2ccccc12. The molecule has 0 aliphatic rings. The molecular formula is C23H15FN4O. The van der Waals surface area contributed by atoms with E-state index in [0.717, 1.165) is 10.8 Å². The highest BCUT2D eigenvalue weighted by Gasteiger charge is 2.19. The number of carbonyl (C=O) groups is 1. The Morgan fingerprint density at radius 3 is 2.59 bits per heavy atom. The Hall–Kier alpha value is -4.06. The second-order valence-corrected chi connectivity index (χ2v) is 6.59. The molecule has 5 aromatic rings. The van der Waals surface area contributed by atoms with E-state index in [0.29, 0.717) is 28.4 Å². The lowest BCUT2D eigenvalue weighted by atomic mass is 10.0. The molecule has 0 unspecified atom stereocenters. The van der Waals surface area contributed by atoms with Crippen molar-refractivity contribution in [3.05, 3.63) is 96.6 Å². The van der Waals surface area contributed by atoms with Gasteiger partial charge in [-0.05, 0) is 47.2 Å². The molecule has 140 valence electrons. The number of nitrogens with one attached hydrogen (secondary N) is 1. The van der Waals surface area contributed by atoms with Gasteiger partial charge in [-0.25, -0.2) is 14.4 Å². The summed E-state index contributed by atoms with van der Waals surface area (Å²) in [5.74, 6) is 0.338. The number of aromatic nitrogens is 3. The molecule has 1 amide bonds. The van der Waals surface area contributed by atoms with Gasteiger partial charge >= 0.3 is 0 Å². The first kappa shape index (κ1) is 17.1. The molecule has 0 radical (unpaired) electrons. The maximum atomic E-state index is 13.4. The molecular weight excluding hydrogens is 367 g/mol. The van der Waals surface area contributed by atoms with Crippen LogP contribution < -0.4 is 5.32 Å². The number of carbonyl (C=O) groups excluding carboxylic acids is 1. The average molecular weight is 382 g/mol. The van der Waals surface area contributed by atoms with E-state index in [4.69, 9.17) is 0 Å². The van der Waals surface area contributed by atoms with Crippen molar-refractivity contribution in [2.75, 3.05) is 5.32 Å². The minimum atomic E-state index is -0.336. The molecule has 0 atom stereocenters. The standard InChI is InChI=1S/C23H15FN4O/c24-17-11-9-16(10-12-17)20-21(28-14-4-13-25-23(28)26-20)27-22(29)19-8-3-6-15-5-1-2-7-18(15)19/h1-14H,(H,27,29). The summed E-state index contributed by atoms with van der Waals surface area (Å²) in [6.45, 7) is 0. The molecule has 3 aromatic carbocycles. The van der Waals surface area contributed by atoms with Crippen molar-refractivity contribution in [1.29, 1.82) is 0 Å². The molecule has 2 aromatic heterocycles. The Labute approximate surface area is 165 Å². The van der Waals surface area contributed by atoms with Crippen LogP contribution in [0.1, 0.15) is 10.4 Å². The van der Waals surface area contributed by atoms with Gasteiger partial charge in [-0.15, -0.1) is 0 Å². The quantitative estimate of drug-likeness (QED) is 0.481. The number of rotatable bonds is 3. The molecule has 0 aliphatic heterocycles. The molecule has 29 heavy (non-hydrogen) atoms. The Morgan fingerprint density at radius 2 is 1.72 bits per heavy atom. The van der Waals surface area contributed by atoms with Crippen LogP contribution in [0.4, 0.5) is 10.2 Å². The maximum absolute atomic E-state index is 13.4. The zero-order valence-corrected chi connectivity index (χ0v) is 15.2. The molecule has 0 saturated heterocycles. The van der Waals surface area contributed by atoms with Gasteiger partial charge < -0.3 is 5.32 Å². The van der Waals surface area contributed by atoms with E-state index in [2.05, 4.69) is 15.3 Å². The summed E-state index contributed by atoms with van der Waals surface area (Å²) in [6.07, 6.45) is 3.41. The van der Waals surface area contributed by atoms with Crippen LogP contribution in [0.15, 0.2) is 85.2 Å². The topological polar surface area (TPSA) is 59.3 Å². The van der Waals surface area contributed by atoms with E-state index in [9.17, 15) is 9.18 Å². The van der Waals surface area contributed by atoms with E-state index >= 15 is 0 Å². The average Bonchev–Trinajstić information content (AvgIpc) is 3.12. The highest BCUT2D eigenvalue weighted by molar-refractivity contribution is 6.13. The van der Waals surface area contributed by atoms with Gasteiger partial charge in [-0.3, -0.25) is 9.20 Å². The summed E-state index contributed by atoms with van der Waals surface area (Å²) in [4.78, 5) is 22.0. The van der Waals surface area contributed by atoms with E-state index in [1.54, 1.807) is 41.1 Å². The van der Waals surface area contributed by atoms with Crippen LogP contribution in [-0.2, 0) is 0 Å². The largest absolute Gasteiger partial charge is 0.306 e. The van der Waals surface area contributed by atoms with Crippen LogP contribution >= 0.6 is 0 Å². The van der Waals surface area contributed by atoms with Crippen LogP contribution in [-0.4, -0.2) is 20.3 Å². The minimum absolute atomic E-state index is 0.254. The predicted octanol–water partition coefficient (Wildman–Crippen LogP) is 4.94. The van der Waals surface area contributed by atoms with Crippen molar-refractivity contribution in [3.8, 4) is 11.3 Å². The molecule has 1 N–H and O–H groups in total. The van der Waals surface area contributed by atoms with Gasteiger partial charge in [0.2, 0.25) is 5.78 Å². The first-order valence-electron chi connectivity index (χ1n) is 9.09. The Kier molecular flexibility index (Phi) is 4.02. The van der Waals surface area contributed by atoms with Gasteiger partial charge in [0.1, 0.15) is 17.3 Å². The first-order chi connectivity index (χ1) is 14.2. The summed E-state index contributed by atoms with van der Waals surface area (Å²) in [7, 11) is 0. The second kappa shape index (κ2) is 6.83. The van der Waals surface area contributed by atoms with Crippen molar-refractivity contribution < 1.29 is 9.18 Å². The van der Waals surface area contributed by atoms with E-state index < -0.39 is 0 Å². The number of hydrogen-bond donors (Lipinski definition) is 1. The summed E-state index contributed by atoms with van der Waals surface area (Å²) in [6, 6.07) is 21.1. The molecule has 6 heteroatoms. The lowest BCUT2D eigenvalue weighted by Gasteiger charge is -2.10. The molecule has 0 aliphatic carbocycles. The molecule has 0 bridgehead atoms. The van der Waals surface area contributed by atoms with Gasteiger partial charge in [0, 0.05) is 23.5 Å². The van der Waals surface area contributed by atoms with Crippen LogP contribution in [0, 0.1) is 5.82 Å².